The Kier molecular flexibility index (Phi) is 5.68. The summed E-state index contributed by atoms with van der Waals surface area (Å²) in [5, 5.41) is 7.39. The molecule has 0 saturated carbocycles. The second-order valence-electron chi connectivity index (χ2n) is 5.41. The Morgan fingerprint density at radius 1 is 1.41 bits per heavy atom. The van der Waals surface area contributed by atoms with Crippen LogP contribution >= 0.6 is 23.4 Å². The fraction of sp³-hybridized carbons (Fsp3) is 0.0556. The van der Waals surface area contributed by atoms with Gasteiger partial charge in [-0.1, -0.05) is 36.5 Å². The molecule has 0 atom stereocenters. The molecule has 2 N–H and O–H groups in total. The fourth-order valence-corrected chi connectivity index (χ4v) is 3.09. The maximum atomic E-state index is 12.7. The Labute approximate surface area is 163 Å². The molecule has 0 aliphatic carbocycles. The zero-order valence-corrected chi connectivity index (χ0v) is 15.6. The third-order valence-corrected chi connectivity index (χ3v) is 4.37. The number of anilines is 1. The molecule has 0 saturated heterocycles. The van der Waals surface area contributed by atoms with E-state index < -0.39 is 5.91 Å². The number of thioether (sulfide) groups is 1. The molecule has 27 heavy (non-hydrogen) atoms. The van der Waals surface area contributed by atoms with Gasteiger partial charge in [-0.3, -0.25) is 9.59 Å². The summed E-state index contributed by atoms with van der Waals surface area (Å²) in [6, 6.07) is 6.47. The van der Waals surface area contributed by atoms with E-state index in [1.807, 2.05) is 0 Å². The fourth-order valence-electron chi connectivity index (χ4n) is 2.31. The van der Waals surface area contributed by atoms with Crippen LogP contribution in [-0.4, -0.2) is 27.2 Å². The van der Waals surface area contributed by atoms with Gasteiger partial charge in [0.2, 0.25) is 0 Å². The number of rotatable bonds is 7. The molecule has 3 aromatic heterocycles. The standard InChI is InChI=1S/C18H15ClN4O3S/c1-11(27-12(2)19)9-21-16-8-15(14-4-3-6-20-17(14)24)22-23(16)18(25)13-5-7-26-10-13/h3-8,10,21H,1-2,9H2,(H,20,24). The van der Waals surface area contributed by atoms with E-state index in [2.05, 4.69) is 28.6 Å². The van der Waals surface area contributed by atoms with Gasteiger partial charge >= 0.3 is 0 Å². The first-order valence-electron chi connectivity index (χ1n) is 7.74. The number of H-pyrrole nitrogens is 1. The minimum Gasteiger partial charge on any atom is -0.472 e. The van der Waals surface area contributed by atoms with Gasteiger partial charge in [0.1, 0.15) is 17.8 Å². The topological polar surface area (TPSA) is 92.9 Å². The predicted molar refractivity (Wildman–Crippen MR) is 107 cm³/mol. The average Bonchev–Trinajstić information content (AvgIpc) is 3.29. The number of nitrogens with one attached hydrogen (secondary N) is 2. The Bertz CT molecular complexity index is 1050. The van der Waals surface area contributed by atoms with Crippen molar-refractivity contribution in [3.63, 3.8) is 0 Å². The number of furan rings is 1. The van der Waals surface area contributed by atoms with E-state index in [9.17, 15) is 9.59 Å². The van der Waals surface area contributed by atoms with Crippen molar-refractivity contribution in [3.05, 3.63) is 81.3 Å². The lowest BCUT2D eigenvalue weighted by molar-refractivity contribution is 0.0947. The summed E-state index contributed by atoms with van der Waals surface area (Å²) in [4.78, 5) is 28.1. The Morgan fingerprint density at radius 2 is 2.22 bits per heavy atom. The van der Waals surface area contributed by atoms with Crippen molar-refractivity contribution in [3.8, 4) is 11.3 Å². The lowest BCUT2D eigenvalue weighted by Gasteiger charge is -2.09. The molecule has 0 aliphatic rings. The third-order valence-electron chi connectivity index (χ3n) is 3.49. The summed E-state index contributed by atoms with van der Waals surface area (Å²) >= 11 is 6.99. The van der Waals surface area contributed by atoms with Crippen molar-refractivity contribution >= 4 is 35.1 Å². The molecule has 3 heterocycles. The number of halogens is 1. The lowest BCUT2D eigenvalue weighted by atomic mass is 10.2. The minimum atomic E-state index is -0.398. The number of aromatic amines is 1. The summed E-state index contributed by atoms with van der Waals surface area (Å²) in [5.74, 6) is 0.00580. The quantitative estimate of drug-likeness (QED) is 0.622. The first-order chi connectivity index (χ1) is 13.0. The third kappa shape index (κ3) is 4.42. The van der Waals surface area contributed by atoms with Crippen LogP contribution in [0.25, 0.3) is 11.3 Å². The molecule has 7 nitrogen and oxygen atoms in total. The molecular formula is C18H15ClN4O3S. The molecule has 0 aromatic carbocycles. The van der Waals surface area contributed by atoms with Crippen LogP contribution in [0.4, 0.5) is 5.82 Å². The number of carbonyl (C=O) groups is 1. The van der Waals surface area contributed by atoms with Crippen LogP contribution in [-0.2, 0) is 0 Å². The van der Waals surface area contributed by atoms with Crippen LogP contribution < -0.4 is 10.9 Å². The molecule has 0 spiro atoms. The van der Waals surface area contributed by atoms with Crippen molar-refractivity contribution in [1.29, 1.82) is 0 Å². The highest BCUT2D eigenvalue weighted by atomic mass is 35.5. The van der Waals surface area contributed by atoms with Crippen molar-refractivity contribution in [2.75, 3.05) is 11.9 Å². The van der Waals surface area contributed by atoms with Gasteiger partial charge in [-0.2, -0.15) is 9.78 Å². The van der Waals surface area contributed by atoms with Gasteiger partial charge in [-0.15, -0.1) is 0 Å². The maximum absolute atomic E-state index is 12.7. The average molecular weight is 403 g/mol. The van der Waals surface area contributed by atoms with Crippen LogP contribution in [0.15, 0.2) is 74.6 Å². The number of nitrogens with zero attached hydrogens (tertiary/aromatic N) is 2. The SMILES string of the molecule is C=C(Cl)SC(=C)CNc1cc(-c2ccc[nH]c2=O)nn1C(=O)c1ccoc1. The molecule has 0 unspecified atom stereocenters. The largest absolute Gasteiger partial charge is 0.472 e. The predicted octanol–water partition coefficient (Wildman–Crippen LogP) is 3.89. The van der Waals surface area contributed by atoms with E-state index in [4.69, 9.17) is 16.0 Å². The van der Waals surface area contributed by atoms with Crippen LogP contribution in [0.3, 0.4) is 0 Å². The van der Waals surface area contributed by atoms with E-state index in [0.717, 1.165) is 0 Å². The van der Waals surface area contributed by atoms with Gasteiger partial charge in [-0.05, 0) is 18.2 Å². The van der Waals surface area contributed by atoms with Gasteiger partial charge in [0.05, 0.1) is 21.8 Å². The van der Waals surface area contributed by atoms with E-state index in [1.165, 1.54) is 41.2 Å². The zero-order valence-electron chi connectivity index (χ0n) is 14.1. The molecule has 9 heteroatoms. The normalized spacial score (nSPS) is 10.6. The van der Waals surface area contributed by atoms with Gasteiger partial charge in [0, 0.05) is 23.7 Å². The smallest absolute Gasteiger partial charge is 0.283 e. The van der Waals surface area contributed by atoms with E-state index in [1.54, 1.807) is 18.2 Å². The highest BCUT2D eigenvalue weighted by Gasteiger charge is 2.19. The first-order valence-corrected chi connectivity index (χ1v) is 8.94. The Hall–Kier alpha value is -2.97. The number of carbonyl (C=O) groups excluding carboxylic acids is 1. The molecule has 3 rings (SSSR count). The van der Waals surface area contributed by atoms with Gasteiger partial charge < -0.3 is 14.7 Å². The van der Waals surface area contributed by atoms with E-state index in [0.29, 0.717) is 38.5 Å². The summed E-state index contributed by atoms with van der Waals surface area (Å²) in [5.41, 5.74) is 0.734. The van der Waals surface area contributed by atoms with Crippen molar-refractivity contribution in [1.82, 2.24) is 14.8 Å². The molecule has 138 valence electrons. The monoisotopic (exact) mass is 402 g/mol. The van der Waals surface area contributed by atoms with Gasteiger partial charge in [0.25, 0.3) is 11.5 Å². The summed E-state index contributed by atoms with van der Waals surface area (Å²) in [6.07, 6.45) is 4.26. The van der Waals surface area contributed by atoms with E-state index in [-0.39, 0.29) is 5.56 Å². The molecule has 0 radical (unpaired) electrons. The molecule has 0 amide bonds. The maximum Gasteiger partial charge on any atom is 0.283 e. The molecular weight excluding hydrogens is 388 g/mol. The van der Waals surface area contributed by atoms with Crippen molar-refractivity contribution in [2.45, 2.75) is 0 Å². The summed E-state index contributed by atoms with van der Waals surface area (Å²) in [7, 11) is 0. The van der Waals surface area contributed by atoms with Crippen molar-refractivity contribution in [2.24, 2.45) is 0 Å². The molecule has 0 aliphatic heterocycles. The van der Waals surface area contributed by atoms with Crippen LogP contribution in [0, 0.1) is 0 Å². The number of hydrogen-bond acceptors (Lipinski definition) is 6. The number of pyridine rings is 1. The van der Waals surface area contributed by atoms with Crippen LogP contribution in [0.1, 0.15) is 10.4 Å². The summed E-state index contributed by atoms with van der Waals surface area (Å²) < 4.78 is 6.54. The van der Waals surface area contributed by atoms with Crippen LogP contribution in [0.5, 0.6) is 0 Å². The highest BCUT2D eigenvalue weighted by molar-refractivity contribution is 8.08. The number of hydrogen-bond donors (Lipinski definition) is 2. The molecule has 3 aromatic rings. The Morgan fingerprint density at radius 3 is 2.89 bits per heavy atom. The van der Waals surface area contributed by atoms with Crippen molar-refractivity contribution < 1.29 is 9.21 Å². The minimum absolute atomic E-state index is 0.303. The summed E-state index contributed by atoms with van der Waals surface area (Å²) in [6.45, 7) is 7.81. The Balaban J connectivity index is 1.95. The molecule has 0 fully saturated rings. The zero-order chi connectivity index (χ0) is 19.4. The second-order valence-corrected chi connectivity index (χ2v) is 7.36. The number of aromatic nitrogens is 3. The van der Waals surface area contributed by atoms with Gasteiger partial charge in [0.15, 0.2) is 0 Å². The second kappa shape index (κ2) is 8.15. The molecule has 0 bridgehead atoms. The lowest BCUT2D eigenvalue weighted by Crippen LogP contribution is -2.17. The van der Waals surface area contributed by atoms with Gasteiger partial charge in [-0.25, -0.2) is 0 Å². The van der Waals surface area contributed by atoms with E-state index >= 15 is 0 Å². The highest BCUT2D eigenvalue weighted by Crippen LogP contribution is 2.26. The first kappa shape index (κ1) is 18.8. The van der Waals surface area contributed by atoms with Crippen LogP contribution in [0.2, 0.25) is 0 Å².